The van der Waals surface area contributed by atoms with Gasteiger partial charge in [0, 0.05) is 13.1 Å². The minimum absolute atomic E-state index is 0.0132. The molecule has 2 amide bonds. The quantitative estimate of drug-likeness (QED) is 0.615. The van der Waals surface area contributed by atoms with Crippen molar-refractivity contribution in [1.29, 1.82) is 0 Å². The summed E-state index contributed by atoms with van der Waals surface area (Å²) in [6.45, 7) is 2.50. The number of carbonyl (C=O) groups excluding carboxylic acids is 3. The number of ketones is 1. The smallest absolute Gasteiger partial charge is 0.298 e. The highest BCUT2D eigenvalue weighted by Crippen LogP contribution is 2.25. The lowest BCUT2D eigenvalue weighted by molar-refractivity contribution is -0.146. The molecule has 148 valence electrons. The van der Waals surface area contributed by atoms with Crippen molar-refractivity contribution in [2.24, 2.45) is 4.99 Å². The van der Waals surface area contributed by atoms with Crippen LogP contribution in [-0.4, -0.2) is 65.0 Å². The van der Waals surface area contributed by atoms with E-state index in [2.05, 4.69) is 15.2 Å². The van der Waals surface area contributed by atoms with Gasteiger partial charge >= 0.3 is 0 Å². The van der Waals surface area contributed by atoms with Crippen molar-refractivity contribution >= 4 is 23.4 Å². The Labute approximate surface area is 162 Å². The number of piperidine rings is 1. The largest absolute Gasteiger partial charge is 0.350 e. The van der Waals surface area contributed by atoms with Crippen molar-refractivity contribution < 1.29 is 18.8 Å². The molecule has 0 aromatic heterocycles. The molecule has 2 fully saturated rings. The van der Waals surface area contributed by atoms with Gasteiger partial charge < -0.3 is 5.32 Å². The Hall–Kier alpha value is -2.61. The fraction of sp³-hybridized carbons (Fsp3) is 0.500. The van der Waals surface area contributed by atoms with Gasteiger partial charge in [-0.3, -0.25) is 24.2 Å². The summed E-state index contributed by atoms with van der Waals surface area (Å²) in [5, 5.41) is 2.65. The first-order chi connectivity index (χ1) is 13.5. The molecule has 1 aromatic rings. The van der Waals surface area contributed by atoms with E-state index in [0.717, 1.165) is 38.8 Å². The number of Topliss-reactive ketones (excluding diaryl/α,β-unsaturated/α-hetero) is 1. The number of carbonyl (C=O) groups is 3. The second kappa shape index (κ2) is 7.79. The molecule has 0 saturated carbocycles. The van der Waals surface area contributed by atoms with Gasteiger partial charge in [0.05, 0.1) is 6.04 Å². The van der Waals surface area contributed by atoms with Crippen molar-refractivity contribution in [3.63, 3.8) is 0 Å². The minimum atomic E-state index is -1.34. The first-order valence-corrected chi connectivity index (χ1v) is 9.74. The number of benzene rings is 1. The second-order valence-electron chi connectivity index (χ2n) is 7.46. The van der Waals surface area contributed by atoms with Gasteiger partial charge in [-0.15, -0.1) is 0 Å². The van der Waals surface area contributed by atoms with E-state index in [-0.39, 0.29) is 18.4 Å². The van der Waals surface area contributed by atoms with E-state index in [0.29, 0.717) is 17.9 Å². The van der Waals surface area contributed by atoms with Crippen LogP contribution in [0.25, 0.3) is 0 Å². The average Bonchev–Trinajstić information content (AvgIpc) is 3.24. The van der Waals surface area contributed by atoms with Crippen LogP contribution < -0.4 is 5.32 Å². The summed E-state index contributed by atoms with van der Waals surface area (Å²) in [7, 11) is 0. The molecule has 28 heavy (non-hydrogen) atoms. The monoisotopic (exact) mass is 386 g/mol. The second-order valence-corrected chi connectivity index (χ2v) is 7.46. The van der Waals surface area contributed by atoms with E-state index >= 15 is 0 Å². The van der Waals surface area contributed by atoms with Crippen LogP contribution in [0.1, 0.15) is 31.2 Å². The Balaban J connectivity index is 1.52. The Kier molecular flexibility index (Phi) is 5.21. The van der Waals surface area contributed by atoms with Gasteiger partial charge in [0.1, 0.15) is 11.7 Å². The van der Waals surface area contributed by atoms with Crippen LogP contribution in [0.3, 0.4) is 0 Å². The third kappa shape index (κ3) is 3.56. The van der Waals surface area contributed by atoms with Gasteiger partial charge in [-0.1, -0.05) is 12.1 Å². The normalized spacial score (nSPS) is 25.5. The summed E-state index contributed by atoms with van der Waals surface area (Å²) in [5.74, 6) is -1.83. The van der Waals surface area contributed by atoms with Gasteiger partial charge in [0.2, 0.25) is 0 Å². The van der Waals surface area contributed by atoms with E-state index < -0.39 is 23.6 Å². The molecule has 0 bridgehead atoms. The Morgan fingerprint density at radius 1 is 1.11 bits per heavy atom. The number of amidine groups is 1. The molecule has 1 N–H and O–H groups in total. The van der Waals surface area contributed by atoms with Crippen LogP contribution in [0.2, 0.25) is 0 Å². The van der Waals surface area contributed by atoms with Gasteiger partial charge in [0.15, 0.2) is 6.04 Å². The molecule has 3 aliphatic rings. The maximum absolute atomic E-state index is 13.0. The molecule has 0 aliphatic carbocycles. The molecule has 8 heteroatoms. The Morgan fingerprint density at radius 3 is 2.54 bits per heavy atom. The molecule has 2 atom stereocenters. The zero-order valence-electron chi connectivity index (χ0n) is 15.6. The molecular formula is C20H23FN4O3. The summed E-state index contributed by atoms with van der Waals surface area (Å²) in [6, 6.07) is 4.36. The van der Waals surface area contributed by atoms with Gasteiger partial charge in [-0.25, -0.2) is 9.38 Å². The van der Waals surface area contributed by atoms with Crippen molar-refractivity contribution in [2.75, 3.05) is 19.6 Å². The number of fused-ring (bicyclic) bond motifs is 1. The number of hydrogen-bond donors (Lipinski definition) is 1. The molecule has 0 radical (unpaired) electrons. The first kappa shape index (κ1) is 18.7. The lowest BCUT2D eigenvalue weighted by atomic mass is 9.98. The van der Waals surface area contributed by atoms with Crippen LogP contribution in [0, 0.1) is 5.82 Å². The fourth-order valence-corrected chi connectivity index (χ4v) is 4.13. The number of nitrogens with zero attached hydrogens (tertiary/aromatic N) is 3. The first-order valence-electron chi connectivity index (χ1n) is 9.74. The van der Waals surface area contributed by atoms with E-state index in [9.17, 15) is 18.8 Å². The molecule has 0 spiro atoms. The van der Waals surface area contributed by atoms with E-state index in [1.165, 1.54) is 17.0 Å². The number of rotatable bonds is 4. The van der Waals surface area contributed by atoms with Gasteiger partial charge in [-0.2, -0.15) is 0 Å². The summed E-state index contributed by atoms with van der Waals surface area (Å²) >= 11 is 0. The highest BCUT2D eigenvalue weighted by Gasteiger charge is 2.45. The van der Waals surface area contributed by atoms with Gasteiger partial charge in [0.25, 0.3) is 17.6 Å². The number of aliphatic imine (C=N–C) groups is 1. The number of hydrogen-bond acceptors (Lipinski definition) is 5. The van der Waals surface area contributed by atoms with E-state index in [4.69, 9.17) is 0 Å². The Morgan fingerprint density at radius 2 is 1.82 bits per heavy atom. The summed E-state index contributed by atoms with van der Waals surface area (Å²) in [6.07, 6.45) is 3.91. The predicted octanol–water partition coefficient (Wildman–Crippen LogP) is 0.878. The maximum Gasteiger partial charge on any atom is 0.298 e. The average molecular weight is 386 g/mol. The van der Waals surface area contributed by atoms with Crippen molar-refractivity contribution in [3.05, 3.63) is 35.6 Å². The molecule has 2 saturated heterocycles. The van der Waals surface area contributed by atoms with Crippen LogP contribution in [0.4, 0.5) is 4.39 Å². The fourth-order valence-electron chi connectivity index (χ4n) is 4.13. The Bertz CT molecular complexity index is 817. The number of nitrogens with one attached hydrogen (secondary N) is 1. The van der Waals surface area contributed by atoms with Crippen molar-refractivity contribution in [1.82, 2.24) is 15.1 Å². The molecule has 3 aliphatic heterocycles. The van der Waals surface area contributed by atoms with Gasteiger partial charge in [-0.05, 0) is 56.5 Å². The summed E-state index contributed by atoms with van der Waals surface area (Å²) < 4.78 is 13.0. The third-order valence-corrected chi connectivity index (χ3v) is 5.61. The molecule has 3 heterocycles. The van der Waals surface area contributed by atoms with Crippen LogP contribution in [0.5, 0.6) is 0 Å². The van der Waals surface area contributed by atoms with Crippen LogP contribution >= 0.6 is 0 Å². The summed E-state index contributed by atoms with van der Waals surface area (Å²) in [5.41, 5.74) is 0.700. The SMILES string of the molecule is O=C(NCc1ccc(F)cc1)C1N=C2C(N3CCCC3)CCCN2C(=O)C1=O. The van der Waals surface area contributed by atoms with E-state index in [1.54, 1.807) is 12.1 Å². The predicted molar refractivity (Wildman–Crippen MR) is 100 cm³/mol. The number of amides is 2. The molecule has 1 aromatic carbocycles. The highest BCUT2D eigenvalue weighted by atomic mass is 19.1. The van der Waals surface area contributed by atoms with Crippen molar-refractivity contribution in [2.45, 2.75) is 44.3 Å². The maximum atomic E-state index is 13.0. The lowest BCUT2D eigenvalue weighted by Crippen LogP contribution is -2.61. The van der Waals surface area contributed by atoms with Crippen LogP contribution in [0.15, 0.2) is 29.3 Å². The lowest BCUT2D eigenvalue weighted by Gasteiger charge is -2.41. The third-order valence-electron chi connectivity index (χ3n) is 5.61. The summed E-state index contributed by atoms with van der Waals surface area (Å²) in [4.78, 5) is 45.9. The molecule has 7 nitrogen and oxygen atoms in total. The molecular weight excluding hydrogens is 363 g/mol. The topological polar surface area (TPSA) is 82.1 Å². The zero-order chi connectivity index (χ0) is 19.7. The van der Waals surface area contributed by atoms with Crippen molar-refractivity contribution in [3.8, 4) is 0 Å². The molecule has 4 rings (SSSR count). The minimum Gasteiger partial charge on any atom is -0.350 e. The molecule has 2 unspecified atom stereocenters. The standard InChI is InChI=1S/C20H23FN4O3/c21-14-7-5-13(6-8-14)12-22-19(27)16-17(26)20(28)25-11-3-4-15(18(25)23-16)24-9-1-2-10-24/h5-8,15-16H,1-4,9-12H2,(H,22,27). The van der Waals surface area contributed by atoms with E-state index in [1.807, 2.05) is 0 Å². The number of halogens is 1. The highest BCUT2D eigenvalue weighted by molar-refractivity contribution is 6.46. The number of likely N-dealkylation sites (tertiary alicyclic amines) is 1. The van der Waals surface area contributed by atoms with Crippen LogP contribution in [-0.2, 0) is 20.9 Å². The zero-order valence-corrected chi connectivity index (χ0v) is 15.6.